The van der Waals surface area contributed by atoms with Crippen molar-refractivity contribution in [2.75, 3.05) is 20.3 Å². The Balaban J connectivity index is 2.24. The SMILES string of the molecule is CNS(=O)(=O)[C@H]1CCOC[C@H]1Cc1ccccc1C#N. The van der Waals surface area contributed by atoms with Crippen LogP contribution in [0, 0.1) is 17.2 Å². The molecular weight excluding hydrogens is 276 g/mol. The van der Waals surface area contributed by atoms with Gasteiger partial charge >= 0.3 is 0 Å². The van der Waals surface area contributed by atoms with Gasteiger partial charge in [0.1, 0.15) is 0 Å². The van der Waals surface area contributed by atoms with Crippen LogP contribution in [0.1, 0.15) is 17.5 Å². The molecule has 108 valence electrons. The molecule has 2 atom stereocenters. The first-order chi connectivity index (χ1) is 9.58. The third-order valence-corrected chi connectivity index (χ3v) is 5.69. The highest BCUT2D eigenvalue weighted by Crippen LogP contribution is 2.26. The fraction of sp³-hybridized carbons (Fsp3) is 0.500. The molecule has 1 N–H and O–H groups in total. The molecule has 6 heteroatoms. The number of nitrogens with one attached hydrogen (secondary N) is 1. The molecule has 0 unspecified atom stereocenters. The molecule has 1 fully saturated rings. The smallest absolute Gasteiger partial charge is 0.214 e. The van der Waals surface area contributed by atoms with Crippen LogP contribution in [0.25, 0.3) is 0 Å². The molecule has 0 amide bonds. The zero-order valence-electron chi connectivity index (χ0n) is 11.4. The maximum Gasteiger partial charge on any atom is 0.214 e. The number of benzene rings is 1. The summed E-state index contributed by atoms with van der Waals surface area (Å²) in [6.07, 6.45) is 1.03. The minimum absolute atomic E-state index is 0.129. The van der Waals surface area contributed by atoms with Gasteiger partial charge in [0.15, 0.2) is 0 Å². The van der Waals surface area contributed by atoms with Crippen molar-refractivity contribution in [1.29, 1.82) is 5.26 Å². The average molecular weight is 294 g/mol. The topological polar surface area (TPSA) is 79.2 Å². The number of nitrogens with zero attached hydrogens (tertiary/aromatic N) is 1. The summed E-state index contributed by atoms with van der Waals surface area (Å²) < 4.78 is 32.0. The van der Waals surface area contributed by atoms with Crippen LogP contribution in [-0.4, -0.2) is 33.9 Å². The van der Waals surface area contributed by atoms with Gasteiger partial charge in [-0.05, 0) is 31.5 Å². The van der Waals surface area contributed by atoms with Gasteiger partial charge in [0.05, 0.1) is 23.5 Å². The Kier molecular flexibility index (Phi) is 4.76. The van der Waals surface area contributed by atoms with Gasteiger partial charge < -0.3 is 4.74 Å². The second-order valence-electron chi connectivity index (χ2n) is 4.88. The van der Waals surface area contributed by atoms with E-state index in [1.165, 1.54) is 7.05 Å². The van der Waals surface area contributed by atoms with Gasteiger partial charge in [-0.1, -0.05) is 18.2 Å². The fourth-order valence-corrected chi connectivity index (χ4v) is 4.01. The summed E-state index contributed by atoms with van der Waals surface area (Å²) in [5, 5.41) is 8.64. The predicted octanol–water partition coefficient (Wildman–Crippen LogP) is 1.06. The summed E-state index contributed by atoms with van der Waals surface area (Å²) >= 11 is 0. The molecule has 20 heavy (non-hydrogen) atoms. The first-order valence-electron chi connectivity index (χ1n) is 6.56. The molecule has 0 aliphatic carbocycles. The van der Waals surface area contributed by atoms with Crippen molar-refractivity contribution < 1.29 is 13.2 Å². The molecule has 1 heterocycles. The lowest BCUT2D eigenvalue weighted by Crippen LogP contribution is -2.43. The molecule has 1 aliphatic rings. The van der Waals surface area contributed by atoms with Crippen LogP contribution in [0.15, 0.2) is 24.3 Å². The second kappa shape index (κ2) is 6.35. The summed E-state index contributed by atoms with van der Waals surface area (Å²) in [7, 11) is -1.89. The van der Waals surface area contributed by atoms with E-state index in [1.54, 1.807) is 12.1 Å². The maximum absolute atomic E-state index is 12.1. The standard InChI is InChI=1S/C14H18N2O3S/c1-16-20(17,18)14-6-7-19-10-13(14)8-11-4-2-3-5-12(11)9-15/h2-5,13-14,16H,6-8,10H2,1H3/t13-,14+/m1/s1. The summed E-state index contributed by atoms with van der Waals surface area (Å²) in [5.41, 5.74) is 1.47. The third kappa shape index (κ3) is 3.18. The van der Waals surface area contributed by atoms with Gasteiger partial charge in [0, 0.05) is 12.5 Å². The number of nitriles is 1. The number of ether oxygens (including phenoxy) is 1. The highest BCUT2D eigenvalue weighted by atomic mass is 32.2. The number of rotatable bonds is 4. The molecule has 0 spiro atoms. The normalized spacial score (nSPS) is 23.2. The Labute approximate surface area is 119 Å². The van der Waals surface area contributed by atoms with E-state index in [0.717, 1.165) is 5.56 Å². The average Bonchev–Trinajstić information content (AvgIpc) is 2.48. The Hall–Kier alpha value is -1.42. The van der Waals surface area contributed by atoms with Crippen LogP contribution in [-0.2, 0) is 21.2 Å². The molecule has 1 aliphatic heterocycles. The third-order valence-electron chi connectivity index (χ3n) is 3.71. The minimum Gasteiger partial charge on any atom is -0.381 e. The molecular formula is C14H18N2O3S. The summed E-state index contributed by atoms with van der Waals surface area (Å²) in [6, 6.07) is 9.44. The fourth-order valence-electron chi connectivity index (χ4n) is 2.62. The second-order valence-corrected chi connectivity index (χ2v) is 6.99. The molecule has 1 saturated heterocycles. The van der Waals surface area contributed by atoms with E-state index in [0.29, 0.717) is 31.6 Å². The van der Waals surface area contributed by atoms with E-state index >= 15 is 0 Å². The van der Waals surface area contributed by atoms with E-state index in [9.17, 15) is 8.42 Å². The minimum atomic E-state index is -3.32. The highest BCUT2D eigenvalue weighted by Gasteiger charge is 2.35. The van der Waals surface area contributed by atoms with Gasteiger partial charge in [-0.15, -0.1) is 0 Å². The lowest BCUT2D eigenvalue weighted by Gasteiger charge is -2.31. The van der Waals surface area contributed by atoms with E-state index in [2.05, 4.69) is 10.8 Å². The van der Waals surface area contributed by atoms with Crippen LogP contribution in [0.3, 0.4) is 0 Å². The van der Waals surface area contributed by atoms with Crippen molar-refractivity contribution in [2.45, 2.75) is 18.1 Å². The first-order valence-corrected chi connectivity index (χ1v) is 8.11. The number of hydrogen-bond donors (Lipinski definition) is 1. The van der Waals surface area contributed by atoms with E-state index in [4.69, 9.17) is 10.00 Å². The van der Waals surface area contributed by atoms with Crippen LogP contribution in [0.4, 0.5) is 0 Å². The van der Waals surface area contributed by atoms with Gasteiger partial charge in [-0.3, -0.25) is 0 Å². The van der Waals surface area contributed by atoms with Gasteiger partial charge in [0.2, 0.25) is 10.0 Å². The van der Waals surface area contributed by atoms with Gasteiger partial charge in [0.25, 0.3) is 0 Å². The monoisotopic (exact) mass is 294 g/mol. The van der Waals surface area contributed by atoms with Crippen molar-refractivity contribution in [3.05, 3.63) is 35.4 Å². The predicted molar refractivity (Wildman–Crippen MR) is 75.6 cm³/mol. The van der Waals surface area contributed by atoms with Crippen molar-refractivity contribution in [3.8, 4) is 6.07 Å². The van der Waals surface area contributed by atoms with Gasteiger partial charge in [-0.2, -0.15) is 5.26 Å². The first kappa shape index (κ1) is 15.0. The maximum atomic E-state index is 12.1. The molecule has 5 nitrogen and oxygen atoms in total. The van der Waals surface area contributed by atoms with E-state index in [-0.39, 0.29) is 5.92 Å². The largest absolute Gasteiger partial charge is 0.381 e. The van der Waals surface area contributed by atoms with E-state index < -0.39 is 15.3 Å². The quantitative estimate of drug-likeness (QED) is 0.900. The van der Waals surface area contributed by atoms with Crippen LogP contribution >= 0.6 is 0 Å². The number of sulfonamides is 1. The highest BCUT2D eigenvalue weighted by molar-refractivity contribution is 7.90. The molecule has 1 aromatic rings. The van der Waals surface area contributed by atoms with Crippen molar-refractivity contribution >= 4 is 10.0 Å². The number of hydrogen-bond acceptors (Lipinski definition) is 4. The lowest BCUT2D eigenvalue weighted by atomic mass is 9.91. The van der Waals surface area contributed by atoms with Crippen molar-refractivity contribution in [3.63, 3.8) is 0 Å². The van der Waals surface area contributed by atoms with Gasteiger partial charge in [-0.25, -0.2) is 13.1 Å². The molecule has 2 rings (SSSR count). The van der Waals surface area contributed by atoms with Crippen LogP contribution in [0.5, 0.6) is 0 Å². The van der Waals surface area contributed by atoms with E-state index in [1.807, 2.05) is 12.1 Å². The van der Waals surface area contributed by atoms with Crippen LogP contribution in [0.2, 0.25) is 0 Å². The summed E-state index contributed by atoms with van der Waals surface area (Å²) in [5.74, 6) is -0.129. The summed E-state index contributed by atoms with van der Waals surface area (Å²) in [4.78, 5) is 0. The Morgan fingerprint density at radius 2 is 2.20 bits per heavy atom. The zero-order valence-corrected chi connectivity index (χ0v) is 12.2. The van der Waals surface area contributed by atoms with Crippen molar-refractivity contribution in [2.24, 2.45) is 5.92 Å². The lowest BCUT2D eigenvalue weighted by molar-refractivity contribution is 0.0570. The zero-order chi connectivity index (χ0) is 14.6. The molecule has 0 radical (unpaired) electrons. The molecule has 0 saturated carbocycles. The molecule has 0 aromatic heterocycles. The summed E-state index contributed by atoms with van der Waals surface area (Å²) in [6.45, 7) is 0.868. The van der Waals surface area contributed by atoms with Crippen LogP contribution < -0.4 is 4.72 Å². The Bertz CT molecular complexity index is 607. The Morgan fingerprint density at radius 3 is 2.90 bits per heavy atom. The van der Waals surface area contributed by atoms with Crippen molar-refractivity contribution in [1.82, 2.24) is 4.72 Å². The molecule has 0 bridgehead atoms. The Morgan fingerprint density at radius 1 is 1.45 bits per heavy atom. The molecule has 1 aromatic carbocycles.